The van der Waals surface area contributed by atoms with E-state index in [0.29, 0.717) is 19.3 Å². The average Bonchev–Trinajstić information content (AvgIpc) is 2.70. The number of hydrogen-bond acceptors (Lipinski definition) is 6. The van der Waals surface area contributed by atoms with Crippen molar-refractivity contribution >= 4 is 17.5 Å². The van der Waals surface area contributed by atoms with Gasteiger partial charge in [0.05, 0.1) is 0 Å². The Labute approximate surface area is 197 Å². The highest BCUT2D eigenvalue weighted by Gasteiger charge is 2.17. The Morgan fingerprint density at radius 3 is 1.41 bits per heavy atom. The van der Waals surface area contributed by atoms with Crippen molar-refractivity contribution in [3.8, 4) is 0 Å². The summed E-state index contributed by atoms with van der Waals surface area (Å²) in [5, 5.41) is 30.0. The minimum atomic E-state index is -0.827. The molecule has 0 aromatic heterocycles. The molecule has 3 unspecified atom stereocenters. The summed E-state index contributed by atoms with van der Waals surface area (Å²) in [4.78, 5) is 32.9. The van der Waals surface area contributed by atoms with Crippen molar-refractivity contribution in [2.75, 3.05) is 0 Å². The number of unbranched alkanes of at least 4 members (excludes halogenated alkanes) is 1. The van der Waals surface area contributed by atoms with Gasteiger partial charge >= 0.3 is 0 Å². The predicted octanol–water partition coefficient (Wildman–Crippen LogP) is 4.05. The molecule has 0 fully saturated rings. The van der Waals surface area contributed by atoms with E-state index in [9.17, 15) is 19.5 Å². The third kappa shape index (κ3) is 21.9. The van der Waals surface area contributed by atoms with Crippen LogP contribution in [0.3, 0.4) is 0 Å². The lowest BCUT2D eigenvalue weighted by molar-refractivity contribution is -0.130. The van der Waals surface area contributed by atoms with Crippen LogP contribution in [0.15, 0.2) is 0 Å². The highest BCUT2D eigenvalue weighted by atomic mass is 16.3. The highest BCUT2D eigenvalue weighted by Crippen LogP contribution is 2.04. The first-order chi connectivity index (χ1) is 14.3. The Morgan fingerprint density at radius 1 is 0.688 bits per heavy atom. The second kappa shape index (κ2) is 22.9. The zero-order valence-electron chi connectivity index (χ0n) is 21.3. The highest BCUT2D eigenvalue weighted by molar-refractivity contribution is 5.84. The molecule has 7 heteroatoms. The molecule has 0 saturated heterocycles. The Hall–Kier alpha value is -1.31. The van der Waals surface area contributed by atoms with Gasteiger partial charge in [0.2, 0.25) is 5.91 Å². The molecule has 0 spiro atoms. The van der Waals surface area contributed by atoms with Gasteiger partial charge in [0, 0.05) is 17.9 Å². The van der Waals surface area contributed by atoms with E-state index in [1.54, 1.807) is 34.6 Å². The van der Waals surface area contributed by atoms with Gasteiger partial charge < -0.3 is 20.6 Å². The zero-order valence-corrected chi connectivity index (χ0v) is 21.3. The fourth-order valence-electron chi connectivity index (χ4n) is 2.30. The fourth-order valence-corrected chi connectivity index (χ4v) is 2.30. The number of carbonyl (C=O) groups excluding carboxylic acids is 3. The maximum atomic E-state index is 11.1. The van der Waals surface area contributed by atoms with Crippen molar-refractivity contribution in [2.24, 2.45) is 11.8 Å². The molecule has 194 valence electrons. The van der Waals surface area contributed by atoms with Gasteiger partial charge in [-0.05, 0) is 33.1 Å². The van der Waals surface area contributed by atoms with E-state index >= 15 is 0 Å². The number of aliphatic hydroxyl groups excluding tert-OH is 3. The largest absolute Gasteiger partial charge is 0.385 e. The molecule has 0 aliphatic rings. The number of aliphatic hydroxyl groups is 3. The van der Waals surface area contributed by atoms with Crippen LogP contribution in [0, 0.1) is 11.8 Å². The smallest absolute Gasteiger partial charge is 0.249 e. The van der Waals surface area contributed by atoms with Crippen LogP contribution in [-0.4, -0.2) is 57.1 Å². The number of rotatable bonds is 12. The Bertz CT molecular complexity index is 477. The molecular weight excluding hydrogens is 410 g/mol. The van der Waals surface area contributed by atoms with E-state index in [4.69, 9.17) is 10.2 Å². The van der Waals surface area contributed by atoms with Crippen LogP contribution < -0.4 is 5.32 Å². The van der Waals surface area contributed by atoms with Crippen LogP contribution in [-0.2, 0) is 14.4 Å². The fraction of sp³-hybridized carbons (Fsp3) is 0.880. The van der Waals surface area contributed by atoms with Crippen molar-refractivity contribution in [1.82, 2.24) is 5.32 Å². The SMILES string of the molecule is C.CCC(O)C(=O)C(C)C.CCCC(O)C(=O)C(C)C.CCCCC(O)C(=O)NC(C)C. The Morgan fingerprint density at radius 2 is 1.12 bits per heavy atom. The van der Waals surface area contributed by atoms with E-state index in [1.165, 1.54) is 0 Å². The number of ketones is 2. The number of nitrogens with one attached hydrogen (secondary N) is 1. The molecule has 0 heterocycles. The van der Waals surface area contributed by atoms with E-state index < -0.39 is 18.3 Å². The van der Waals surface area contributed by atoms with Crippen LogP contribution in [0.25, 0.3) is 0 Å². The average molecular weight is 464 g/mol. The van der Waals surface area contributed by atoms with E-state index in [0.717, 1.165) is 19.3 Å². The molecule has 4 N–H and O–H groups in total. The van der Waals surface area contributed by atoms with E-state index in [-0.39, 0.29) is 42.8 Å². The van der Waals surface area contributed by atoms with Crippen molar-refractivity contribution < 1.29 is 29.7 Å². The summed E-state index contributed by atoms with van der Waals surface area (Å²) < 4.78 is 0. The molecule has 0 bridgehead atoms. The maximum absolute atomic E-state index is 11.1. The molecule has 3 atom stereocenters. The van der Waals surface area contributed by atoms with Crippen LogP contribution in [0.2, 0.25) is 0 Å². The van der Waals surface area contributed by atoms with E-state index in [2.05, 4.69) is 5.32 Å². The molecule has 0 aliphatic carbocycles. The number of carbonyl (C=O) groups is 3. The lowest BCUT2D eigenvalue weighted by Gasteiger charge is -2.12. The molecule has 0 aromatic carbocycles. The van der Waals surface area contributed by atoms with Gasteiger partial charge in [-0.25, -0.2) is 0 Å². The number of amides is 1. The minimum Gasteiger partial charge on any atom is -0.385 e. The van der Waals surface area contributed by atoms with Crippen molar-refractivity contribution in [1.29, 1.82) is 0 Å². The molecule has 0 rings (SSSR count). The molecule has 1 amide bonds. The summed E-state index contributed by atoms with van der Waals surface area (Å²) in [7, 11) is 0. The first-order valence-electron chi connectivity index (χ1n) is 11.7. The predicted molar refractivity (Wildman–Crippen MR) is 132 cm³/mol. The molecule has 0 aromatic rings. The van der Waals surface area contributed by atoms with Crippen molar-refractivity contribution in [2.45, 2.75) is 133 Å². The molecule has 0 radical (unpaired) electrons. The van der Waals surface area contributed by atoms with Crippen LogP contribution in [0.1, 0.15) is 108 Å². The summed E-state index contributed by atoms with van der Waals surface area (Å²) in [6.45, 7) is 16.7. The van der Waals surface area contributed by atoms with Crippen LogP contribution >= 0.6 is 0 Å². The van der Waals surface area contributed by atoms with Gasteiger partial charge in [0.1, 0.15) is 18.3 Å². The van der Waals surface area contributed by atoms with Gasteiger partial charge in [-0.15, -0.1) is 0 Å². The maximum Gasteiger partial charge on any atom is 0.249 e. The van der Waals surface area contributed by atoms with Gasteiger partial charge in [-0.1, -0.05) is 75.2 Å². The van der Waals surface area contributed by atoms with Crippen molar-refractivity contribution in [3.05, 3.63) is 0 Å². The zero-order chi connectivity index (χ0) is 25.1. The van der Waals surface area contributed by atoms with Gasteiger partial charge in [0.15, 0.2) is 11.6 Å². The second-order valence-corrected chi connectivity index (χ2v) is 8.66. The normalized spacial score (nSPS) is 13.1. The summed E-state index contributed by atoms with van der Waals surface area (Å²) in [6, 6.07) is 0.105. The molecule has 32 heavy (non-hydrogen) atoms. The van der Waals surface area contributed by atoms with E-state index in [1.807, 2.05) is 27.7 Å². The topological polar surface area (TPSA) is 124 Å². The Kier molecular flexibility index (Phi) is 27.1. The van der Waals surface area contributed by atoms with Crippen LogP contribution in [0.5, 0.6) is 0 Å². The summed E-state index contributed by atoms with van der Waals surface area (Å²) in [5.41, 5.74) is 0. The second-order valence-electron chi connectivity index (χ2n) is 8.66. The summed E-state index contributed by atoms with van der Waals surface area (Å²) in [6.07, 6.45) is 2.14. The minimum absolute atomic E-state index is 0. The first-order valence-corrected chi connectivity index (χ1v) is 11.7. The quantitative estimate of drug-likeness (QED) is 0.346. The van der Waals surface area contributed by atoms with Crippen molar-refractivity contribution in [3.63, 3.8) is 0 Å². The first kappa shape index (κ1) is 38.0. The standard InChI is InChI=1S/C9H19NO2.C8H16O2.C7H14O2.CH4/c1-4-5-6-8(11)9(12)10-7(2)3;1-4-5-7(9)8(10)6(2)3;1-4-6(8)7(9)5(2)3;/h7-8,11H,4-6H2,1-3H3,(H,10,12);6-7,9H,4-5H2,1-3H3;5-6,8H,4H2,1-3H3;1H4. The summed E-state index contributed by atoms with van der Waals surface area (Å²) >= 11 is 0. The third-order valence-electron chi connectivity index (χ3n) is 4.31. The molecule has 7 nitrogen and oxygen atoms in total. The van der Waals surface area contributed by atoms with Gasteiger partial charge in [0.25, 0.3) is 0 Å². The monoisotopic (exact) mass is 463 g/mol. The Balaban J connectivity index is -0.000000183. The summed E-state index contributed by atoms with van der Waals surface area (Å²) in [5.74, 6) is -0.431. The molecule has 0 saturated carbocycles. The lowest BCUT2D eigenvalue weighted by Crippen LogP contribution is -2.38. The third-order valence-corrected chi connectivity index (χ3v) is 4.31. The van der Waals surface area contributed by atoms with Gasteiger partial charge in [-0.3, -0.25) is 14.4 Å². The number of Topliss-reactive ketones (excluding diaryl/α,β-unsaturated/α-hetero) is 2. The number of hydrogen-bond donors (Lipinski definition) is 4. The molecular formula is C25H53NO6. The molecule has 0 aliphatic heterocycles. The van der Waals surface area contributed by atoms with Crippen LogP contribution in [0.4, 0.5) is 0 Å². The van der Waals surface area contributed by atoms with Gasteiger partial charge in [-0.2, -0.15) is 0 Å². The lowest BCUT2D eigenvalue weighted by atomic mass is 10.0.